The Hall–Kier alpha value is -2.84. The predicted octanol–water partition coefficient (Wildman–Crippen LogP) is 2.14. The summed E-state index contributed by atoms with van der Waals surface area (Å²) in [5, 5.41) is 16.0. The number of nitro benzene ring substituents is 1. The van der Waals surface area contributed by atoms with E-state index in [4.69, 9.17) is 9.47 Å². The lowest BCUT2D eigenvalue weighted by atomic mass is 10.2. The first-order valence-corrected chi connectivity index (χ1v) is 8.01. The SMILES string of the molecule is COc1ccc(O[C@H](C)C(=O)NC(=O)NC2CCCC2)c([N+](=O)[O-])c1. The minimum absolute atomic E-state index is 0.0756. The van der Waals surface area contributed by atoms with Gasteiger partial charge in [0.25, 0.3) is 5.91 Å². The number of carbonyl (C=O) groups excluding carboxylic acids is 2. The molecule has 1 fully saturated rings. The van der Waals surface area contributed by atoms with Crippen molar-refractivity contribution in [2.75, 3.05) is 7.11 Å². The van der Waals surface area contributed by atoms with E-state index in [1.165, 1.54) is 32.2 Å². The molecule has 1 atom stereocenters. The monoisotopic (exact) mass is 351 g/mol. The molecule has 0 aromatic heterocycles. The molecule has 1 saturated carbocycles. The Balaban J connectivity index is 1.96. The zero-order valence-electron chi connectivity index (χ0n) is 14.1. The van der Waals surface area contributed by atoms with Crippen LogP contribution in [0.1, 0.15) is 32.6 Å². The Morgan fingerprint density at radius 2 is 2.00 bits per heavy atom. The van der Waals surface area contributed by atoms with Gasteiger partial charge in [0.1, 0.15) is 5.75 Å². The van der Waals surface area contributed by atoms with Gasteiger partial charge in [-0.1, -0.05) is 12.8 Å². The average molecular weight is 351 g/mol. The summed E-state index contributed by atoms with van der Waals surface area (Å²) in [7, 11) is 1.39. The minimum atomic E-state index is -1.08. The highest BCUT2D eigenvalue weighted by Crippen LogP contribution is 2.31. The zero-order valence-corrected chi connectivity index (χ0v) is 14.1. The van der Waals surface area contributed by atoms with Gasteiger partial charge in [0, 0.05) is 6.04 Å². The standard InChI is InChI=1S/C16H21N3O6/c1-10(15(20)18-16(21)17-11-5-3-4-6-11)25-14-8-7-12(24-2)9-13(14)19(22)23/h7-11H,3-6H2,1-2H3,(H2,17,18,20,21)/t10-/m1/s1. The van der Waals surface area contributed by atoms with E-state index in [1.54, 1.807) is 0 Å². The highest BCUT2D eigenvalue weighted by atomic mass is 16.6. The number of urea groups is 1. The predicted molar refractivity (Wildman–Crippen MR) is 88.7 cm³/mol. The number of carbonyl (C=O) groups is 2. The van der Waals surface area contributed by atoms with Crippen LogP contribution in [0.3, 0.4) is 0 Å². The van der Waals surface area contributed by atoms with Crippen LogP contribution in [0.2, 0.25) is 0 Å². The Labute approximate surface area is 144 Å². The van der Waals surface area contributed by atoms with Gasteiger partial charge in [-0.05, 0) is 31.9 Å². The fourth-order valence-corrected chi connectivity index (χ4v) is 2.62. The van der Waals surface area contributed by atoms with E-state index in [2.05, 4.69) is 10.6 Å². The van der Waals surface area contributed by atoms with Gasteiger partial charge in [-0.15, -0.1) is 0 Å². The molecule has 9 nitrogen and oxygen atoms in total. The molecule has 1 aromatic carbocycles. The maximum absolute atomic E-state index is 12.0. The van der Waals surface area contributed by atoms with Crippen molar-refractivity contribution < 1.29 is 24.0 Å². The summed E-state index contributed by atoms with van der Waals surface area (Å²) in [6.45, 7) is 1.41. The summed E-state index contributed by atoms with van der Waals surface area (Å²) in [6, 6.07) is 3.52. The van der Waals surface area contributed by atoms with Crippen LogP contribution < -0.4 is 20.1 Å². The molecule has 1 aliphatic carbocycles. The molecule has 0 spiro atoms. The molecule has 3 amide bonds. The molecule has 2 rings (SSSR count). The van der Waals surface area contributed by atoms with Gasteiger partial charge in [0.15, 0.2) is 11.9 Å². The van der Waals surface area contributed by atoms with Gasteiger partial charge in [-0.2, -0.15) is 0 Å². The number of hydrogen-bond donors (Lipinski definition) is 2. The number of imide groups is 1. The molecule has 1 aromatic rings. The van der Waals surface area contributed by atoms with Crippen LogP contribution in [0.4, 0.5) is 10.5 Å². The maximum Gasteiger partial charge on any atom is 0.321 e. The Morgan fingerprint density at radius 1 is 1.32 bits per heavy atom. The third-order valence-corrected chi connectivity index (χ3v) is 3.96. The first-order valence-electron chi connectivity index (χ1n) is 8.01. The van der Waals surface area contributed by atoms with Crippen LogP contribution in [-0.2, 0) is 4.79 Å². The van der Waals surface area contributed by atoms with Crippen LogP contribution in [0, 0.1) is 10.1 Å². The van der Waals surface area contributed by atoms with Crippen molar-refractivity contribution in [1.82, 2.24) is 10.6 Å². The molecule has 0 heterocycles. The second-order valence-corrected chi connectivity index (χ2v) is 5.79. The van der Waals surface area contributed by atoms with E-state index in [0.717, 1.165) is 25.7 Å². The number of amides is 3. The zero-order chi connectivity index (χ0) is 18.4. The van der Waals surface area contributed by atoms with E-state index >= 15 is 0 Å². The molecular formula is C16H21N3O6. The van der Waals surface area contributed by atoms with Gasteiger partial charge in [-0.25, -0.2) is 4.79 Å². The Bertz CT molecular complexity index is 657. The van der Waals surface area contributed by atoms with Crippen molar-refractivity contribution in [3.8, 4) is 11.5 Å². The molecule has 0 aliphatic heterocycles. The normalized spacial score (nSPS) is 15.3. The summed E-state index contributed by atoms with van der Waals surface area (Å²) >= 11 is 0. The van der Waals surface area contributed by atoms with E-state index in [9.17, 15) is 19.7 Å². The third kappa shape index (κ3) is 5.07. The maximum atomic E-state index is 12.0. The number of nitrogens with one attached hydrogen (secondary N) is 2. The highest BCUT2D eigenvalue weighted by Gasteiger charge is 2.24. The number of ether oxygens (including phenoxy) is 2. The van der Waals surface area contributed by atoms with E-state index < -0.39 is 23.0 Å². The number of hydrogen-bond acceptors (Lipinski definition) is 6. The fourth-order valence-electron chi connectivity index (χ4n) is 2.62. The van der Waals surface area contributed by atoms with E-state index in [0.29, 0.717) is 5.75 Å². The summed E-state index contributed by atoms with van der Waals surface area (Å²) in [4.78, 5) is 34.3. The van der Waals surface area contributed by atoms with Crippen molar-refractivity contribution in [2.24, 2.45) is 0 Å². The summed E-state index contributed by atoms with van der Waals surface area (Å²) < 4.78 is 10.3. The number of nitro groups is 1. The molecule has 0 saturated heterocycles. The summed E-state index contributed by atoms with van der Waals surface area (Å²) in [5.41, 5.74) is -0.325. The van der Waals surface area contributed by atoms with Gasteiger partial charge >= 0.3 is 11.7 Å². The van der Waals surface area contributed by atoms with Crippen LogP contribution in [0.25, 0.3) is 0 Å². The van der Waals surface area contributed by atoms with Gasteiger partial charge in [0.05, 0.1) is 18.1 Å². The van der Waals surface area contributed by atoms with Gasteiger partial charge in [0.2, 0.25) is 0 Å². The lowest BCUT2D eigenvalue weighted by Crippen LogP contribution is -2.47. The molecule has 0 radical (unpaired) electrons. The molecule has 136 valence electrons. The van der Waals surface area contributed by atoms with Crippen LogP contribution >= 0.6 is 0 Å². The quantitative estimate of drug-likeness (QED) is 0.598. The second kappa shape index (κ2) is 8.32. The van der Waals surface area contributed by atoms with Crippen molar-refractivity contribution in [1.29, 1.82) is 0 Å². The number of benzene rings is 1. The minimum Gasteiger partial charge on any atom is -0.496 e. The largest absolute Gasteiger partial charge is 0.496 e. The van der Waals surface area contributed by atoms with Crippen molar-refractivity contribution >= 4 is 17.6 Å². The Kier molecular flexibility index (Phi) is 6.15. The van der Waals surface area contributed by atoms with Crippen molar-refractivity contribution in [3.63, 3.8) is 0 Å². The molecular weight excluding hydrogens is 330 g/mol. The number of rotatable bonds is 6. The van der Waals surface area contributed by atoms with Gasteiger partial charge in [-0.3, -0.25) is 20.2 Å². The smallest absolute Gasteiger partial charge is 0.321 e. The molecule has 0 unspecified atom stereocenters. The third-order valence-electron chi connectivity index (χ3n) is 3.96. The molecule has 0 bridgehead atoms. The van der Waals surface area contributed by atoms with Crippen LogP contribution in [-0.4, -0.2) is 36.1 Å². The fraction of sp³-hybridized carbons (Fsp3) is 0.500. The first-order chi connectivity index (χ1) is 11.9. The lowest BCUT2D eigenvalue weighted by Gasteiger charge is -2.16. The van der Waals surface area contributed by atoms with Crippen molar-refractivity contribution in [2.45, 2.75) is 44.8 Å². The first kappa shape index (κ1) is 18.5. The summed E-state index contributed by atoms with van der Waals surface area (Å²) in [5.74, 6) is -0.461. The topological polar surface area (TPSA) is 120 Å². The van der Waals surface area contributed by atoms with Crippen molar-refractivity contribution in [3.05, 3.63) is 28.3 Å². The number of nitrogens with zero attached hydrogens (tertiary/aromatic N) is 1. The second-order valence-electron chi connectivity index (χ2n) is 5.79. The molecule has 1 aliphatic rings. The Morgan fingerprint density at radius 3 is 2.60 bits per heavy atom. The molecule has 9 heteroatoms. The summed E-state index contributed by atoms with van der Waals surface area (Å²) in [6.07, 6.45) is 2.82. The van der Waals surface area contributed by atoms with E-state index in [-0.39, 0.29) is 17.5 Å². The molecule has 2 N–H and O–H groups in total. The number of methoxy groups -OCH3 is 1. The molecule has 25 heavy (non-hydrogen) atoms. The van der Waals surface area contributed by atoms with Crippen LogP contribution in [0.5, 0.6) is 11.5 Å². The highest BCUT2D eigenvalue weighted by molar-refractivity contribution is 5.96. The van der Waals surface area contributed by atoms with Crippen LogP contribution in [0.15, 0.2) is 18.2 Å². The lowest BCUT2D eigenvalue weighted by molar-refractivity contribution is -0.386. The average Bonchev–Trinajstić information content (AvgIpc) is 3.07. The van der Waals surface area contributed by atoms with Gasteiger partial charge < -0.3 is 14.8 Å². The van der Waals surface area contributed by atoms with E-state index in [1.807, 2.05) is 0 Å².